The minimum atomic E-state index is -0.931. The number of likely N-dealkylation sites (tertiary alicyclic amines) is 1. The van der Waals surface area contributed by atoms with Crippen LogP contribution < -0.4 is 9.64 Å². The molecule has 3 fully saturated rings. The Hall–Kier alpha value is -3.47. The molecule has 2 aromatic carbocycles. The lowest BCUT2D eigenvalue weighted by molar-refractivity contribution is 0.138. The molecule has 3 aliphatic heterocycles. The fourth-order valence-corrected chi connectivity index (χ4v) is 8.95. The van der Waals surface area contributed by atoms with Crippen molar-refractivity contribution in [2.24, 2.45) is 12.5 Å². The number of hydrogen-bond acceptors (Lipinski definition) is 7. The van der Waals surface area contributed by atoms with Crippen LogP contribution >= 0.6 is 11.6 Å². The van der Waals surface area contributed by atoms with Gasteiger partial charge in [-0.05, 0) is 74.7 Å². The van der Waals surface area contributed by atoms with Crippen LogP contribution in [0.5, 0.6) is 11.6 Å². The van der Waals surface area contributed by atoms with E-state index in [4.69, 9.17) is 16.3 Å². The van der Waals surface area contributed by atoms with E-state index in [0.717, 1.165) is 95.0 Å². The Balaban J connectivity index is 1.02. The van der Waals surface area contributed by atoms with Crippen LogP contribution in [0, 0.1) is 29.5 Å². The highest BCUT2D eigenvalue weighted by atomic mass is 35.5. The Kier molecular flexibility index (Phi) is 9.49. The van der Waals surface area contributed by atoms with Crippen LogP contribution in [0.1, 0.15) is 36.6 Å². The zero-order valence-electron chi connectivity index (χ0n) is 28.7. The largest absolute Gasteiger partial charge is 0.433 e. The smallest absolute Gasteiger partial charge is 0.262 e. The van der Waals surface area contributed by atoms with Gasteiger partial charge in [-0.15, -0.1) is 0 Å². The van der Waals surface area contributed by atoms with Gasteiger partial charge in [-0.25, -0.2) is 17.9 Å². The Labute approximate surface area is 295 Å². The number of anilines is 1. The summed E-state index contributed by atoms with van der Waals surface area (Å²) in [5.74, 6) is 0.847. The van der Waals surface area contributed by atoms with Crippen molar-refractivity contribution >= 4 is 39.3 Å². The van der Waals surface area contributed by atoms with E-state index in [1.54, 1.807) is 18.6 Å². The highest BCUT2D eigenvalue weighted by molar-refractivity contribution is 7.81. The summed E-state index contributed by atoms with van der Waals surface area (Å²) in [7, 11) is 1.01. The van der Waals surface area contributed by atoms with Gasteiger partial charge in [0.2, 0.25) is 0 Å². The van der Waals surface area contributed by atoms with E-state index in [1.165, 1.54) is 23.3 Å². The molecule has 3 unspecified atom stereocenters. The zero-order valence-corrected chi connectivity index (χ0v) is 30.2. The summed E-state index contributed by atoms with van der Waals surface area (Å²) in [5, 5.41) is 11.6. The lowest BCUT2D eigenvalue weighted by atomic mass is 9.86. The van der Waals surface area contributed by atoms with E-state index in [1.807, 2.05) is 15.9 Å². The number of hydrogen-bond donors (Lipinski definition) is 0. The molecule has 2 aromatic heterocycles. The molecule has 1 spiro atoms. The first-order valence-electron chi connectivity index (χ1n) is 17.0. The first-order valence-corrected chi connectivity index (χ1v) is 18.9. The van der Waals surface area contributed by atoms with Crippen molar-refractivity contribution in [3.63, 3.8) is 0 Å². The SMILES string of the molecule is Cc1c(CN2CCC3(CCN(c4c(Oc5ccc(Cl)cc5F)ncn4C)C3)C2)ccc2c1cc(C#N)n2CC(C)N1CCN(S(C)=O)CC1. The highest BCUT2D eigenvalue weighted by Gasteiger charge is 2.44. The van der Waals surface area contributed by atoms with Gasteiger partial charge < -0.3 is 18.8 Å². The molecule has 0 saturated carbocycles. The summed E-state index contributed by atoms with van der Waals surface area (Å²) in [6.07, 6.45) is 5.64. The number of nitriles is 1. The average molecular weight is 707 g/mol. The van der Waals surface area contributed by atoms with Gasteiger partial charge >= 0.3 is 0 Å². The van der Waals surface area contributed by atoms with E-state index < -0.39 is 16.8 Å². The van der Waals surface area contributed by atoms with Crippen molar-refractivity contribution in [3.8, 4) is 17.7 Å². The normalized spacial score (nSPS) is 21.9. The predicted octanol–water partition coefficient (Wildman–Crippen LogP) is 5.54. The third-order valence-electron chi connectivity index (χ3n) is 10.9. The predicted molar refractivity (Wildman–Crippen MR) is 192 cm³/mol. The molecule has 260 valence electrons. The molecule has 0 aliphatic carbocycles. The molecule has 3 aliphatic rings. The topological polar surface area (TPSA) is 85.8 Å². The number of imidazole rings is 1. The Morgan fingerprint density at radius 2 is 1.88 bits per heavy atom. The fraction of sp³-hybridized carbons (Fsp3) is 0.500. The van der Waals surface area contributed by atoms with E-state index >= 15 is 0 Å². The van der Waals surface area contributed by atoms with Gasteiger partial charge in [0.15, 0.2) is 17.4 Å². The Morgan fingerprint density at radius 1 is 1.10 bits per heavy atom. The van der Waals surface area contributed by atoms with Gasteiger partial charge in [0.05, 0.1) is 11.0 Å². The summed E-state index contributed by atoms with van der Waals surface area (Å²) in [6, 6.07) is 13.6. The first kappa shape index (κ1) is 34.0. The maximum absolute atomic E-state index is 14.5. The zero-order chi connectivity index (χ0) is 34.4. The number of rotatable bonds is 9. The molecule has 5 heterocycles. The van der Waals surface area contributed by atoms with Crippen LogP contribution in [0.3, 0.4) is 0 Å². The van der Waals surface area contributed by atoms with Crippen molar-refractivity contribution in [3.05, 3.63) is 70.4 Å². The van der Waals surface area contributed by atoms with Gasteiger partial charge in [0.1, 0.15) is 18.1 Å². The third kappa shape index (κ3) is 6.71. The Morgan fingerprint density at radius 3 is 2.61 bits per heavy atom. The fourth-order valence-electron chi connectivity index (χ4n) is 8.11. The maximum atomic E-state index is 14.5. The first-order chi connectivity index (χ1) is 23.5. The molecule has 13 heteroatoms. The molecule has 4 aromatic rings. The molecule has 0 bridgehead atoms. The second-order valence-corrected chi connectivity index (χ2v) is 15.9. The van der Waals surface area contributed by atoms with E-state index in [-0.39, 0.29) is 17.2 Å². The van der Waals surface area contributed by atoms with Gasteiger partial charge in [0.25, 0.3) is 5.88 Å². The summed E-state index contributed by atoms with van der Waals surface area (Å²) in [5.41, 5.74) is 4.49. The number of aryl methyl sites for hydroxylation is 2. The monoisotopic (exact) mass is 706 g/mol. The molecule has 10 nitrogen and oxygen atoms in total. The number of halogens is 2. The lowest BCUT2D eigenvalue weighted by Gasteiger charge is -2.37. The maximum Gasteiger partial charge on any atom is 0.262 e. The molecule has 0 radical (unpaired) electrons. The van der Waals surface area contributed by atoms with Crippen LogP contribution in [-0.2, 0) is 31.1 Å². The van der Waals surface area contributed by atoms with Gasteiger partial charge in [-0.1, -0.05) is 17.7 Å². The molecule has 7 rings (SSSR count). The van der Waals surface area contributed by atoms with E-state index in [0.29, 0.717) is 16.6 Å². The quantitative estimate of drug-likeness (QED) is 0.226. The molecule has 0 amide bonds. The van der Waals surface area contributed by atoms with Gasteiger partial charge in [-0.3, -0.25) is 9.80 Å². The van der Waals surface area contributed by atoms with Gasteiger partial charge in [0, 0.05) is 99.6 Å². The highest BCUT2D eigenvalue weighted by Crippen LogP contribution is 2.44. The number of benzene rings is 2. The van der Waals surface area contributed by atoms with Gasteiger partial charge in [-0.2, -0.15) is 5.26 Å². The standard InChI is InChI=1S/C36H44ClFN8O2S/c1-25(43-13-15-45(16-14-43)49(4)47)20-46-29(19-39)18-30-26(2)27(5-7-32(30)46)21-42-11-9-36(22-42)10-12-44(23-36)35-34(40-24-41(35)3)48-33-8-6-28(37)17-31(33)38/h5-8,17-18,24-25H,9-16,20-23H2,1-4H3. The third-order valence-corrected chi connectivity index (χ3v) is 12.2. The van der Waals surface area contributed by atoms with E-state index in [2.05, 4.69) is 62.4 Å². The number of fused-ring (bicyclic) bond motifs is 1. The minimum Gasteiger partial charge on any atom is -0.433 e. The van der Waals surface area contributed by atoms with Crippen LogP contribution in [-0.4, -0.2) is 97.1 Å². The summed E-state index contributed by atoms with van der Waals surface area (Å²) >= 11 is 5.94. The lowest BCUT2D eigenvalue weighted by Crippen LogP contribution is -2.50. The van der Waals surface area contributed by atoms with Crippen LogP contribution in [0.4, 0.5) is 10.2 Å². The van der Waals surface area contributed by atoms with Crippen molar-refractivity contribution < 1.29 is 13.3 Å². The summed E-state index contributed by atoms with van der Waals surface area (Å²) in [6.45, 7) is 13.2. The molecule has 3 atom stereocenters. The van der Waals surface area contributed by atoms with Crippen LogP contribution in [0.2, 0.25) is 5.02 Å². The van der Waals surface area contributed by atoms with Crippen LogP contribution in [0.15, 0.2) is 42.7 Å². The number of nitrogens with zero attached hydrogens (tertiary/aromatic N) is 8. The average Bonchev–Trinajstić information content (AvgIpc) is 3.86. The molecular formula is C36H44ClFN8O2S. The van der Waals surface area contributed by atoms with Crippen molar-refractivity contribution in [1.29, 1.82) is 5.26 Å². The summed E-state index contributed by atoms with van der Waals surface area (Å²) < 4.78 is 38.5. The minimum absolute atomic E-state index is 0.106. The molecular weight excluding hydrogens is 663 g/mol. The summed E-state index contributed by atoms with van der Waals surface area (Å²) in [4.78, 5) is 11.8. The Bertz CT molecular complexity index is 1930. The molecule has 0 N–H and O–H groups in total. The number of ether oxygens (including phenoxy) is 1. The van der Waals surface area contributed by atoms with Crippen molar-refractivity contribution in [2.75, 3.05) is 63.5 Å². The van der Waals surface area contributed by atoms with Crippen molar-refractivity contribution in [1.82, 2.24) is 28.2 Å². The van der Waals surface area contributed by atoms with Crippen LogP contribution in [0.25, 0.3) is 10.9 Å². The second kappa shape index (κ2) is 13.7. The number of piperazine rings is 1. The number of aromatic nitrogens is 3. The molecule has 49 heavy (non-hydrogen) atoms. The van der Waals surface area contributed by atoms with Crippen molar-refractivity contribution in [2.45, 2.75) is 45.8 Å². The molecule has 3 saturated heterocycles. The second-order valence-electron chi connectivity index (χ2n) is 14.1. The van der Waals surface area contributed by atoms with E-state index in [9.17, 15) is 13.9 Å².